The minimum atomic E-state index is -3.84. The van der Waals surface area contributed by atoms with Gasteiger partial charge in [0.2, 0.25) is 0 Å². The third kappa shape index (κ3) is 5.12. The fraction of sp³-hybridized carbons (Fsp3) is 0.222. The van der Waals surface area contributed by atoms with Crippen molar-refractivity contribution in [2.75, 3.05) is 19.5 Å². The molecule has 2 aromatic rings. The standard InChI is InChI=1S/C18H19FN2O6S/c1-12(17(22)20-15-6-4-5-14(19)11-15)27-18(23)13-7-9-16(10-8-13)28(24,25)21(2)26-3/h4-12H,1-3H3,(H,20,22)/t12-/m1/s1. The van der Waals surface area contributed by atoms with Crippen molar-refractivity contribution in [3.8, 4) is 0 Å². The van der Waals surface area contributed by atoms with Crippen LogP contribution in [0.1, 0.15) is 17.3 Å². The number of sulfonamides is 1. The van der Waals surface area contributed by atoms with Crippen LogP contribution in [-0.2, 0) is 24.4 Å². The highest BCUT2D eigenvalue weighted by atomic mass is 32.2. The van der Waals surface area contributed by atoms with E-state index in [9.17, 15) is 22.4 Å². The Balaban J connectivity index is 2.03. The fourth-order valence-electron chi connectivity index (χ4n) is 2.10. The highest BCUT2D eigenvalue weighted by Crippen LogP contribution is 2.16. The summed E-state index contributed by atoms with van der Waals surface area (Å²) in [5, 5.41) is 2.43. The first-order chi connectivity index (χ1) is 13.1. The quantitative estimate of drug-likeness (QED) is 0.555. The number of hydrogen-bond donors (Lipinski definition) is 1. The van der Waals surface area contributed by atoms with Gasteiger partial charge in [0.1, 0.15) is 5.82 Å². The van der Waals surface area contributed by atoms with Crippen molar-refractivity contribution in [1.29, 1.82) is 0 Å². The average molecular weight is 410 g/mol. The van der Waals surface area contributed by atoms with E-state index in [2.05, 4.69) is 10.2 Å². The predicted octanol–water partition coefficient (Wildman–Crippen LogP) is 2.19. The van der Waals surface area contributed by atoms with E-state index in [1.54, 1.807) is 0 Å². The Morgan fingerprint density at radius 2 is 1.79 bits per heavy atom. The normalized spacial score (nSPS) is 12.5. The number of esters is 1. The first-order valence-electron chi connectivity index (χ1n) is 8.05. The summed E-state index contributed by atoms with van der Waals surface area (Å²) in [4.78, 5) is 28.8. The Kier molecular flexibility index (Phi) is 6.84. The molecule has 0 aromatic heterocycles. The zero-order valence-corrected chi connectivity index (χ0v) is 16.2. The molecule has 0 fully saturated rings. The Labute approximate surface area is 161 Å². The van der Waals surface area contributed by atoms with Crippen molar-refractivity contribution in [3.63, 3.8) is 0 Å². The summed E-state index contributed by atoms with van der Waals surface area (Å²) in [6.07, 6.45) is -1.15. The maximum Gasteiger partial charge on any atom is 0.338 e. The lowest BCUT2D eigenvalue weighted by atomic mass is 10.2. The van der Waals surface area contributed by atoms with E-state index in [0.717, 1.165) is 6.07 Å². The number of carbonyl (C=O) groups excluding carboxylic acids is 2. The highest BCUT2D eigenvalue weighted by Gasteiger charge is 2.23. The van der Waals surface area contributed by atoms with Gasteiger partial charge in [-0.2, -0.15) is 0 Å². The van der Waals surface area contributed by atoms with Crippen LogP contribution < -0.4 is 5.32 Å². The van der Waals surface area contributed by atoms with E-state index in [4.69, 9.17) is 4.74 Å². The van der Waals surface area contributed by atoms with Crippen LogP contribution in [-0.4, -0.2) is 45.0 Å². The van der Waals surface area contributed by atoms with Gasteiger partial charge in [0, 0.05) is 12.7 Å². The number of hydroxylamine groups is 1. The largest absolute Gasteiger partial charge is 0.449 e. The Morgan fingerprint density at radius 3 is 2.36 bits per heavy atom. The van der Waals surface area contributed by atoms with E-state index in [0.29, 0.717) is 4.47 Å². The van der Waals surface area contributed by atoms with Gasteiger partial charge < -0.3 is 10.1 Å². The molecule has 1 amide bonds. The van der Waals surface area contributed by atoms with E-state index in [-0.39, 0.29) is 16.1 Å². The van der Waals surface area contributed by atoms with Gasteiger partial charge >= 0.3 is 5.97 Å². The van der Waals surface area contributed by atoms with E-state index in [1.165, 1.54) is 63.5 Å². The third-order valence-electron chi connectivity index (χ3n) is 3.73. The van der Waals surface area contributed by atoms with E-state index < -0.39 is 33.8 Å². The Hall–Kier alpha value is -2.82. The molecule has 0 saturated heterocycles. The number of nitrogens with zero attached hydrogens (tertiary/aromatic N) is 1. The van der Waals surface area contributed by atoms with Gasteiger partial charge in [-0.25, -0.2) is 17.6 Å². The summed E-state index contributed by atoms with van der Waals surface area (Å²) in [7, 11) is -1.40. The number of hydrogen-bond acceptors (Lipinski definition) is 6. The maximum absolute atomic E-state index is 13.1. The van der Waals surface area contributed by atoms with Crippen molar-refractivity contribution >= 4 is 27.6 Å². The lowest BCUT2D eigenvalue weighted by Gasteiger charge is -2.15. The lowest BCUT2D eigenvalue weighted by molar-refractivity contribution is -0.123. The molecule has 0 spiro atoms. The van der Waals surface area contributed by atoms with Crippen LogP contribution in [0.3, 0.4) is 0 Å². The monoisotopic (exact) mass is 410 g/mol. The molecule has 0 unspecified atom stereocenters. The van der Waals surface area contributed by atoms with Gasteiger partial charge in [-0.15, -0.1) is 0 Å². The van der Waals surface area contributed by atoms with Crippen molar-refractivity contribution in [2.45, 2.75) is 17.9 Å². The van der Waals surface area contributed by atoms with Gasteiger partial charge in [-0.1, -0.05) is 10.5 Å². The fourth-order valence-corrected chi connectivity index (χ4v) is 3.07. The summed E-state index contributed by atoms with van der Waals surface area (Å²) in [6.45, 7) is 1.36. The minimum Gasteiger partial charge on any atom is -0.449 e. The third-order valence-corrected chi connectivity index (χ3v) is 5.42. The summed E-state index contributed by atoms with van der Waals surface area (Å²) >= 11 is 0. The number of anilines is 1. The summed E-state index contributed by atoms with van der Waals surface area (Å²) in [5.41, 5.74) is 0.286. The average Bonchev–Trinajstić information content (AvgIpc) is 2.67. The SMILES string of the molecule is CON(C)S(=O)(=O)c1ccc(C(=O)O[C@H](C)C(=O)Nc2cccc(F)c2)cc1. The second-order valence-corrected chi connectivity index (χ2v) is 7.60. The highest BCUT2D eigenvalue weighted by molar-refractivity contribution is 7.89. The molecule has 0 saturated carbocycles. The van der Waals surface area contributed by atoms with Crippen LogP contribution in [0.5, 0.6) is 0 Å². The number of ether oxygens (including phenoxy) is 1. The Morgan fingerprint density at radius 1 is 1.14 bits per heavy atom. The predicted molar refractivity (Wildman–Crippen MR) is 98.3 cm³/mol. The van der Waals surface area contributed by atoms with Crippen molar-refractivity contribution in [3.05, 3.63) is 59.9 Å². The number of nitrogens with one attached hydrogen (secondary N) is 1. The van der Waals surface area contributed by atoms with Crippen LogP contribution in [0.4, 0.5) is 10.1 Å². The van der Waals surface area contributed by atoms with Gasteiger partial charge in [0.15, 0.2) is 6.10 Å². The minimum absolute atomic E-state index is 0.0597. The summed E-state index contributed by atoms with van der Waals surface area (Å²) in [6, 6.07) is 10.2. The van der Waals surface area contributed by atoms with Gasteiger partial charge in [-0.3, -0.25) is 9.63 Å². The molecule has 10 heteroatoms. The molecular formula is C18H19FN2O6S. The van der Waals surface area contributed by atoms with Crippen molar-refractivity contribution in [2.24, 2.45) is 0 Å². The number of halogens is 1. The molecule has 150 valence electrons. The molecule has 0 aliphatic carbocycles. The van der Waals surface area contributed by atoms with Crippen LogP contribution in [0, 0.1) is 5.82 Å². The summed E-state index contributed by atoms with van der Waals surface area (Å²) in [5.74, 6) is -1.97. The first kappa shape index (κ1) is 21.5. The molecular weight excluding hydrogens is 391 g/mol. The first-order valence-corrected chi connectivity index (χ1v) is 9.49. The zero-order chi connectivity index (χ0) is 20.9. The zero-order valence-electron chi connectivity index (χ0n) is 15.4. The second kappa shape index (κ2) is 8.91. The smallest absolute Gasteiger partial charge is 0.338 e. The molecule has 8 nitrogen and oxygen atoms in total. The van der Waals surface area contributed by atoms with Crippen LogP contribution in [0.25, 0.3) is 0 Å². The molecule has 0 radical (unpaired) electrons. The van der Waals surface area contributed by atoms with Gasteiger partial charge in [0.05, 0.1) is 17.6 Å². The molecule has 1 N–H and O–H groups in total. The summed E-state index contributed by atoms with van der Waals surface area (Å²) < 4.78 is 43.1. The maximum atomic E-state index is 13.1. The topological polar surface area (TPSA) is 102 Å². The molecule has 2 aromatic carbocycles. The van der Waals surface area contributed by atoms with Crippen molar-refractivity contribution < 1.29 is 32.0 Å². The molecule has 0 aliphatic rings. The van der Waals surface area contributed by atoms with Crippen LogP contribution in [0.15, 0.2) is 53.4 Å². The number of benzene rings is 2. The number of carbonyl (C=O) groups is 2. The lowest BCUT2D eigenvalue weighted by Crippen LogP contribution is -2.30. The Bertz CT molecular complexity index is 962. The molecule has 0 heterocycles. The van der Waals surface area contributed by atoms with Crippen LogP contribution >= 0.6 is 0 Å². The van der Waals surface area contributed by atoms with E-state index in [1.807, 2.05) is 0 Å². The second-order valence-electron chi connectivity index (χ2n) is 5.67. The number of rotatable bonds is 7. The molecule has 2 rings (SSSR count). The van der Waals surface area contributed by atoms with Gasteiger partial charge in [0.25, 0.3) is 15.9 Å². The van der Waals surface area contributed by atoms with Crippen LogP contribution in [0.2, 0.25) is 0 Å². The van der Waals surface area contributed by atoms with Gasteiger partial charge in [-0.05, 0) is 49.4 Å². The molecule has 28 heavy (non-hydrogen) atoms. The molecule has 0 bridgehead atoms. The molecule has 1 atom stereocenters. The molecule has 0 aliphatic heterocycles. The van der Waals surface area contributed by atoms with E-state index >= 15 is 0 Å². The van der Waals surface area contributed by atoms with Crippen molar-refractivity contribution in [1.82, 2.24) is 4.47 Å². The number of amides is 1.